The summed E-state index contributed by atoms with van der Waals surface area (Å²) in [6, 6.07) is 31.4. The number of hydrogen-bond acceptors (Lipinski definition) is 1. The molecule has 0 unspecified atom stereocenters. The average molecular weight is 1280 g/mol. The Kier molecular flexibility index (Phi) is 32.9. The summed E-state index contributed by atoms with van der Waals surface area (Å²) < 4.78 is 9.96. The SMILES string of the molecule is CCCCCC(C)(C)c1cccc(C(C)(C)CCCCC)c1[SiH](O[SiH](c1c(C(C)(C)CCCCC)cccc1C(C)(C)CCCCC)c1c(C(C)(C)CCCCC)cccc1C(C)(C)CCCCC)c1c(C(C)(C)CCCCC)cccc1C(C)(C)CCCCC. The topological polar surface area (TPSA) is 9.23 Å². The van der Waals surface area contributed by atoms with E-state index in [4.69, 9.17) is 0 Å². The molecule has 0 saturated carbocycles. The molecule has 0 atom stereocenters. The van der Waals surface area contributed by atoms with Crippen LogP contribution in [0, 0.1) is 0 Å². The average Bonchev–Trinajstić information content (AvgIpc) is 0.737. The van der Waals surface area contributed by atoms with Gasteiger partial charge in [-0.15, -0.1) is 0 Å². The van der Waals surface area contributed by atoms with Crippen LogP contribution in [0.3, 0.4) is 0 Å². The standard InChI is InChI=1S/C88H150OSi2/c1-25-33-41-61-81(9,10)69-53-49-54-70(82(11,12)62-42-34-26-2)77(69)90(78-71(83(13,14)63-43-35-27-3)55-50-56-72(78)84(15,16)64-44-36-28-4)89-91(79-73(85(17,18)65-45-37-29-5)57-51-58-74(79)86(19,20)66-46-38-30-6)80-75(87(21,22)67-47-39-31-7)59-52-60-76(80)88(23,24)68-48-40-32-8/h49-60,90-91H,25-48,61-68H2,1-24H3. The second kappa shape index (κ2) is 37.1. The Labute approximate surface area is 571 Å². The third-order valence-corrected chi connectivity index (χ3v) is 29.6. The molecular formula is C88H150OSi2. The van der Waals surface area contributed by atoms with Crippen molar-refractivity contribution in [1.82, 2.24) is 0 Å². The van der Waals surface area contributed by atoms with Gasteiger partial charge in [-0.3, -0.25) is 0 Å². The molecule has 0 radical (unpaired) electrons. The fraction of sp³-hybridized carbons (Fsp3) is 0.727. The van der Waals surface area contributed by atoms with Crippen LogP contribution in [0.1, 0.15) is 416 Å². The Morgan fingerprint density at radius 3 is 0.440 bits per heavy atom. The number of benzene rings is 4. The fourth-order valence-corrected chi connectivity index (χ4v) is 26.4. The maximum absolute atomic E-state index is 9.96. The summed E-state index contributed by atoms with van der Waals surface area (Å²) in [5.74, 6) is 0. The fourth-order valence-electron chi connectivity index (χ4n) is 16.4. The Hall–Kier alpha value is -2.73. The van der Waals surface area contributed by atoms with Gasteiger partial charge in [0.25, 0.3) is 0 Å². The third kappa shape index (κ3) is 22.1. The van der Waals surface area contributed by atoms with Gasteiger partial charge < -0.3 is 4.12 Å². The molecule has 91 heavy (non-hydrogen) atoms. The van der Waals surface area contributed by atoms with Gasteiger partial charge >= 0.3 is 0 Å². The lowest BCUT2D eigenvalue weighted by atomic mass is 9.74. The van der Waals surface area contributed by atoms with Crippen molar-refractivity contribution < 1.29 is 4.12 Å². The van der Waals surface area contributed by atoms with Gasteiger partial charge in [0.15, 0.2) is 0 Å². The normalized spacial score (nSPS) is 13.4. The molecule has 516 valence electrons. The molecule has 0 aliphatic heterocycles. The summed E-state index contributed by atoms with van der Waals surface area (Å²) in [5.41, 5.74) is 12.1. The lowest BCUT2D eigenvalue weighted by molar-refractivity contribution is 0.435. The highest BCUT2D eigenvalue weighted by molar-refractivity contribution is 6.93. The zero-order valence-electron chi connectivity index (χ0n) is 65.1. The molecule has 0 saturated heterocycles. The first kappa shape index (κ1) is 80.7. The zero-order chi connectivity index (χ0) is 67.9. The highest BCUT2D eigenvalue weighted by Gasteiger charge is 2.47. The maximum Gasteiger partial charge on any atom is 0.229 e. The summed E-state index contributed by atoms with van der Waals surface area (Å²) in [4.78, 5) is 0. The summed E-state index contributed by atoms with van der Waals surface area (Å²) in [5, 5.41) is 6.60. The predicted molar refractivity (Wildman–Crippen MR) is 417 cm³/mol. The molecule has 4 rings (SSSR count). The van der Waals surface area contributed by atoms with Crippen LogP contribution in [0.15, 0.2) is 72.8 Å². The molecule has 3 heteroatoms. The molecular weight excluding hydrogens is 1130 g/mol. The Morgan fingerprint density at radius 2 is 0.330 bits per heavy atom. The van der Waals surface area contributed by atoms with Crippen molar-refractivity contribution in [2.24, 2.45) is 0 Å². The molecule has 0 fully saturated rings. The molecule has 4 aromatic rings. The van der Waals surface area contributed by atoms with Crippen LogP contribution in [0.5, 0.6) is 0 Å². The molecule has 0 N–H and O–H groups in total. The second-order valence-corrected chi connectivity index (χ2v) is 39.6. The molecule has 0 bridgehead atoms. The summed E-state index contributed by atoms with van der Waals surface area (Å²) >= 11 is 0. The Bertz CT molecular complexity index is 2190. The molecule has 4 aromatic carbocycles. The minimum absolute atomic E-state index is 0.0781. The van der Waals surface area contributed by atoms with Gasteiger partial charge in [0.05, 0.1) is 0 Å². The van der Waals surface area contributed by atoms with Crippen LogP contribution in [0.2, 0.25) is 0 Å². The smallest absolute Gasteiger partial charge is 0.229 e. The Balaban J connectivity index is 2.70. The second-order valence-electron chi connectivity index (χ2n) is 34.7. The predicted octanol–water partition coefficient (Wildman–Crippen LogP) is 24.9. The molecule has 1 nitrogen and oxygen atoms in total. The van der Waals surface area contributed by atoms with Crippen LogP contribution in [-0.2, 0) is 47.4 Å². The molecule has 0 amide bonds. The van der Waals surface area contributed by atoms with Crippen molar-refractivity contribution in [3.63, 3.8) is 0 Å². The quantitative estimate of drug-likeness (QED) is 0.0316. The largest absolute Gasteiger partial charge is 0.446 e. The van der Waals surface area contributed by atoms with Crippen LogP contribution in [0.4, 0.5) is 0 Å². The lowest BCUT2D eigenvalue weighted by Crippen LogP contribution is -2.64. The van der Waals surface area contributed by atoms with Crippen LogP contribution >= 0.6 is 0 Å². The van der Waals surface area contributed by atoms with Crippen molar-refractivity contribution in [2.75, 3.05) is 0 Å². The van der Waals surface area contributed by atoms with E-state index in [1.54, 1.807) is 65.3 Å². The maximum atomic E-state index is 9.96. The van der Waals surface area contributed by atoms with E-state index in [0.717, 1.165) is 0 Å². The van der Waals surface area contributed by atoms with Crippen molar-refractivity contribution in [3.8, 4) is 0 Å². The van der Waals surface area contributed by atoms with Gasteiger partial charge in [-0.2, -0.15) is 0 Å². The first-order chi connectivity index (χ1) is 42.9. The molecule has 0 aliphatic rings. The summed E-state index contributed by atoms with van der Waals surface area (Å²) in [6.07, 6.45) is 39.2. The van der Waals surface area contributed by atoms with Gasteiger partial charge in [0, 0.05) is 0 Å². The van der Waals surface area contributed by atoms with Crippen molar-refractivity contribution >= 4 is 38.8 Å². The Morgan fingerprint density at radius 1 is 0.209 bits per heavy atom. The lowest BCUT2D eigenvalue weighted by Gasteiger charge is -2.44. The highest BCUT2D eigenvalue weighted by atomic mass is 28.4. The first-order valence-corrected chi connectivity index (χ1v) is 42.3. The van der Waals surface area contributed by atoms with E-state index in [1.165, 1.54) is 205 Å². The van der Waals surface area contributed by atoms with Gasteiger partial charge in [-0.1, -0.05) is 393 Å². The summed E-state index contributed by atoms with van der Waals surface area (Å²) in [6.45, 7) is 61.6. The van der Waals surface area contributed by atoms with Crippen molar-refractivity contribution in [2.45, 2.75) is 415 Å². The van der Waals surface area contributed by atoms with E-state index in [2.05, 4.69) is 239 Å². The van der Waals surface area contributed by atoms with E-state index in [0.29, 0.717) is 0 Å². The first-order valence-electron chi connectivity index (χ1n) is 39.1. The number of unbranched alkanes of at least 4 members (excludes halogenated alkanes) is 16. The summed E-state index contributed by atoms with van der Waals surface area (Å²) in [7, 11) is -5.83. The van der Waals surface area contributed by atoms with Crippen LogP contribution < -0.4 is 20.7 Å². The number of hydrogen-bond donors (Lipinski definition) is 0. The minimum Gasteiger partial charge on any atom is -0.446 e. The van der Waals surface area contributed by atoms with Gasteiger partial charge in [-0.05, 0) is 160 Å². The van der Waals surface area contributed by atoms with Gasteiger partial charge in [0.2, 0.25) is 18.1 Å². The van der Waals surface area contributed by atoms with Crippen molar-refractivity contribution in [3.05, 3.63) is 117 Å². The van der Waals surface area contributed by atoms with E-state index in [9.17, 15) is 4.12 Å². The van der Waals surface area contributed by atoms with Crippen molar-refractivity contribution in [1.29, 1.82) is 0 Å². The van der Waals surface area contributed by atoms with Crippen LogP contribution in [0.25, 0.3) is 0 Å². The van der Waals surface area contributed by atoms with E-state index >= 15 is 0 Å². The number of rotatable bonds is 46. The third-order valence-electron chi connectivity index (χ3n) is 22.8. The van der Waals surface area contributed by atoms with Gasteiger partial charge in [-0.25, -0.2) is 0 Å². The van der Waals surface area contributed by atoms with E-state index in [1.807, 2.05) is 0 Å². The molecule has 0 aromatic heterocycles. The van der Waals surface area contributed by atoms with E-state index < -0.39 is 18.1 Å². The minimum atomic E-state index is -2.92. The van der Waals surface area contributed by atoms with Gasteiger partial charge in [0.1, 0.15) is 0 Å². The molecule has 0 aliphatic carbocycles. The zero-order valence-corrected chi connectivity index (χ0v) is 67.4. The van der Waals surface area contributed by atoms with Crippen LogP contribution in [-0.4, -0.2) is 18.1 Å². The monoisotopic (exact) mass is 1280 g/mol. The molecule has 0 heterocycles. The molecule has 0 spiro atoms. The van der Waals surface area contributed by atoms with E-state index in [-0.39, 0.29) is 43.3 Å². The highest BCUT2D eigenvalue weighted by Crippen LogP contribution is 2.42.